The quantitative estimate of drug-likeness (QED) is 0.600. The summed E-state index contributed by atoms with van der Waals surface area (Å²) in [5.41, 5.74) is 0.463. The van der Waals surface area contributed by atoms with Gasteiger partial charge in [-0.1, -0.05) is 33.8 Å². The molecule has 0 aliphatic carbocycles. The molecule has 1 aliphatic heterocycles. The number of allylic oxidation sites excluding steroid dienone is 1. The molecular weight excluding hydrogens is 158 g/mol. The topological polar surface area (TPSA) is 3.24 Å². The van der Waals surface area contributed by atoms with Crippen molar-refractivity contribution in [3.05, 3.63) is 12.3 Å². The van der Waals surface area contributed by atoms with Crippen molar-refractivity contribution < 1.29 is 0 Å². The first-order chi connectivity index (χ1) is 5.88. The van der Waals surface area contributed by atoms with Crippen LogP contribution in [0, 0.1) is 17.3 Å². The number of nitrogens with zero attached hydrogens (tertiary/aromatic N) is 1. The fourth-order valence-electron chi connectivity index (χ4n) is 2.07. The molecule has 0 amide bonds. The van der Waals surface area contributed by atoms with Crippen LogP contribution in [-0.2, 0) is 0 Å². The van der Waals surface area contributed by atoms with Crippen LogP contribution >= 0.6 is 0 Å². The van der Waals surface area contributed by atoms with Gasteiger partial charge in [-0.05, 0) is 29.9 Å². The summed E-state index contributed by atoms with van der Waals surface area (Å²) in [5.74, 6) is 1.57. The van der Waals surface area contributed by atoms with Gasteiger partial charge in [0.25, 0.3) is 0 Å². The van der Waals surface area contributed by atoms with Crippen molar-refractivity contribution in [1.29, 1.82) is 0 Å². The molecule has 0 aromatic heterocycles. The summed E-state index contributed by atoms with van der Waals surface area (Å²) in [5, 5.41) is 0. The molecule has 1 nitrogen and oxygen atoms in total. The average Bonchev–Trinajstić information content (AvgIpc) is 1.94. The van der Waals surface area contributed by atoms with E-state index in [-0.39, 0.29) is 0 Å². The minimum absolute atomic E-state index is 0.463. The first-order valence-corrected chi connectivity index (χ1v) is 5.27. The molecule has 1 aliphatic rings. The van der Waals surface area contributed by atoms with Crippen molar-refractivity contribution in [1.82, 2.24) is 4.90 Å². The Balaban J connectivity index is 2.55. The molecule has 0 saturated heterocycles. The van der Waals surface area contributed by atoms with Crippen LogP contribution in [0.25, 0.3) is 0 Å². The predicted molar refractivity (Wildman–Crippen MR) is 58.5 cm³/mol. The summed E-state index contributed by atoms with van der Waals surface area (Å²) in [6.45, 7) is 10.5. The van der Waals surface area contributed by atoms with Gasteiger partial charge < -0.3 is 4.90 Å². The van der Waals surface area contributed by atoms with Gasteiger partial charge in [-0.25, -0.2) is 0 Å². The van der Waals surface area contributed by atoms with Gasteiger partial charge >= 0.3 is 0 Å². The second-order valence-electron chi connectivity index (χ2n) is 5.67. The van der Waals surface area contributed by atoms with Crippen LogP contribution in [0.3, 0.4) is 0 Å². The van der Waals surface area contributed by atoms with E-state index in [9.17, 15) is 0 Å². The van der Waals surface area contributed by atoms with E-state index in [1.54, 1.807) is 0 Å². The number of rotatable bonds is 1. The third-order valence-electron chi connectivity index (χ3n) is 2.78. The summed E-state index contributed by atoms with van der Waals surface area (Å²) in [4.78, 5) is 2.30. The molecule has 0 bridgehead atoms. The van der Waals surface area contributed by atoms with E-state index in [0.717, 1.165) is 11.8 Å². The number of hydrogen-bond donors (Lipinski definition) is 0. The summed E-state index contributed by atoms with van der Waals surface area (Å²) in [6.07, 6.45) is 5.87. The Hall–Kier alpha value is -0.460. The monoisotopic (exact) mass is 181 g/mol. The number of hydrogen-bond acceptors (Lipinski definition) is 1. The van der Waals surface area contributed by atoms with Crippen molar-refractivity contribution in [2.75, 3.05) is 13.6 Å². The van der Waals surface area contributed by atoms with E-state index in [4.69, 9.17) is 0 Å². The third kappa shape index (κ3) is 3.41. The van der Waals surface area contributed by atoms with Crippen LogP contribution in [0.5, 0.6) is 0 Å². The lowest BCUT2D eigenvalue weighted by Gasteiger charge is -2.35. The lowest BCUT2D eigenvalue weighted by molar-refractivity contribution is 0.201. The van der Waals surface area contributed by atoms with E-state index in [2.05, 4.69) is 51.9 Å². The van der Waals surface area contributed by atoms with E-state index >= 15 is 0 Å². The highest BCUT2D eigenvalue weighted by atomic mass is 15.1. The molecule has 0 aromatic rings. The van der Waals surface area contributed by atoms with Gasteiger partial charge in [-0.3, -0.25) is 0 Å². The molecular formula is C12H23N. The van der Waals surface area contributed by atoms with Gasteiger partial charge in [0, 0.05) is 13.6 Å². The Labute approximate surface area is 82.8 Å². The molecule has 76 valence electrons. The highest BCUT2D eigenvalue weighted by Gasteiger charge is 2.25. The molecule has 1 heterocycles. The SMILES string of the molecule is CC1C=CN(C)CC1CC(C)(C)C. The standard InChI is InChI=1S/C12H23N/c1-10-6-7-13(5)9-11(10)8-12(2,3)4/h6-7,10-11H,8-9H2,1-5H3. The second kappa shape index (κ2) is 3.73. The van der Waals surface area contributed by atoms with Crippen LogP contribution in [0.15, 0.2) is 12.3 Å². The Morgan fingerprint density at radius 2 is 2.00 bits per heavy atom. The summed E-state index contributed by atoms with van der Waals surface area (Å²) in [6, 6.07) is 0. The largest absolute Gasteiger partial charge is 0.380 e. The zero-order valence-electron chi connectivity index (χ0n) is 9.67. The van der Waals surface area contributed by atoms with Gasteiger partial charge in [0.1, 0.15) is 0 Å². The molecule has 0 fully saturated rings. The maximum Gasteiger partial charge on any atom is 0.0203 e. The lowest BCUT2D eigenvalue weighted by atomic mass is 9.78. The van der Waals surface area contributed by atoms with Crippen molar-refractivity contribution >= 4 is 0 Å². The summed E-state index contributed by atoms with van der Waals surface area (Å²) in [7, 11) is 2.16. The van der Waals surface area contributed by atoms with E-state index in [0.29, 0.717) is 5.41 Å². The van der Waals surface area contributed by atoms with Gasteiger partial charge in [-0.2, -0.15) is 0 Å². The van der Waals surface area contributed by atoms with Crippen molar-refractivity contribution in [2.45, 2.75) is 34.1 Å². The molecule has 0 spiro atoms. The maximum absolute atomic E-state index is 2.33. The van der Waals surface area contributed by atoms with Crippen LogP contribution in [0.4, 0.5) is 0 Å². The smallest absolute Gasteiger partial charge is 0.0203 e. The molecule has 0 saturated carbocycles. The van der Waals surface area contributed by atoms with E-state index < -0.39 is 0 Å². The third-order valence-corrected chi connectivity index (χ3v) is 2.78. The highest BCUT2D eigenvalue weighted by Crippen LogP contribution is 2.31. The fraction of sp³-hybridized carbons (Fsp3) is 0.833. The van der Waals surface area contributed by atoms with Crippen molar-refractivity contribution in [2.24, 2.45) is 17.3 Å². The molecule has 0 radical (unpaired) electrons. The molecule has 0 aromatic carbocycles. The van der Waals surface area contributed by atoms with Crippen molar-refractivity contribution in [3.8, 4) is 0 Å². The Morgan fingerprint density at radius 1 is 1.38 bits per heavy atom. The summed E-state index contributed by atoms with van der Waals surface area (Å²) < 4.78 is 0. The Bertz CT molecular complexity index is 188. The minimum atomic E-state index is 0.463. The zero-order valence-corrected chi connectivity index (χ0v) is 9.67. The van der Waals surface area contributed by atoms with E-state index in [1.807, 2.05) is 0 Å². The fourth-order valence-corrected chi connectivity index (χ4v) is 2.07. The highest BCUT2D eigenvalue weighted by molar-refractivity contribution is 4.96. The van der Waals surface area contributed by atoms with Crippen LogP contribution in [0.2, 0.25) is 0 Å². The second-order valence-corrected chi connectivity index (χ2v) is 5.67. The Morgan fingerprint density at radius 3 is 2.54 bits per heavy atom. The molecule has 0 N–H and O–H groups in total. The maximum atomic E-state index is 2.33. The Kier molecular flexibility index (Phi) is 3.05. The average molecular weight is 181 g/mol. The molecule has 1 rings (SSSR count). The molecule has 1 heteroatoms. The minimum Gasteiger partial charge on any atom is -0.380 e. The van der Waals surface area contributed by atoms with Gasteiger partial charge in [0.05, 0.1) is 0 Å². The van der Waals surface area contributed by atoms with Crippen molar-refractivity contribution in [3.63, 3.8) is 0 Å². The van der Waals surface area contributed by atoms with Crippen LogP contribution in [0.1, 0.15) is 34.1 Å². The van der Waals surface area contributed by atoms with Crippen LogP contribution < -0.4 is 0 Å². The first kappa shape index (κ1) is 10.6. The molecule has 2 atom stereocenters. The first-order valence-electron chi connectivity index (χ1n) is 5.27. The van der Waals surface area contributed by atoms with E-state index in [1.165, 1.54) is 13.0 Å². The normalized spacial score (nSPS) is 29.5. The lowest BCUT2D eigenvalue weighted by Crippen LogP contribution is -2.32. The van der Waals surface area contributed by atoms with Crippen LogP contribution in [-0.4, -0.2) is 18.5 Å². The van der Waals surface area contributed by atoms with Gasteiger partial charge in [0.15, 0.2) is 0 Å². The zero-order chi connectivity index (χ0) is 10.1. The van der Waals surface area contributed by atoms with Gasteiger partial charge in [0.2, 0.25) is 0 Å². The molecule has 13 heavy (non-hydrogen) atoms. The predicted octanol–water partition coefficient (Wildman–Crippen LogP) is 3.13. The summed E-state index contributed by atoms with van der Waals surface area (Å²) >= 11 is 0. The van der Waals surface area contributed by atoms with Gasteiger partial charge in [-0.15, -0.1) is 0 Å². The molecule has 2 unspecified atom stereocenters.